The second-order valence-electron chi connectivity index (χ2n) is 8.82. The Balaban J connectivity index is 3.23. The van der Waals surface area contributed by atoms with Crippen LogP contribution in [-0.2, 0) is 35.0 Å². The lowest BCUT2D eigenvalue weighted by Gasteiger charge is -2.26. The maximum Gasteiger partial charge on any atom is 0.524 e. The van der Waals surface area contributed by atoms with Gasteiger partial charge in [-0.15, -0.1) is 0 Å². The normalized spacial score (nSPS) is 15.8. The SMILES string of the molecule is CC(O)[C@H](NC(=O)[C@H](C)N)C(=O)N[C@@H](Cc1ccc(OP(=O)(O)O)cc1)C(=O)N[C@@H](CO)C(=O)N[C@@H](C)C(=O)O. The molecule has 18 heteroatoms. The molecule has 0 saturated heterocycles. The van der Waals surface area contributed by atoms with E-state index >= 15 is 0 Å². The number of nitrogens with one attached hydrogen (secondary N) is 4. The smallest absolute Gasteiger partial charge is 0.480 e. The average Bonchev–Trinajstić information content (AvgIpc) is 2.84. The summed E-state index contributed by atoms with van der Waals surface area (Å²) in [5.74, 6) is -5.38. The minimum atomic E-state index is -4.84. The number of aliphatic hydroxyl groups excluding tert-OH is 2. The number of hydrogen-bond donors (Lipinski definition) is 10. The molecule has 0 saturated carbocycles. The van der Waals surface area contributed by atoms with Crippen LogP contribution in [0.3, 0.4) is 0 Å². The number of aliphatic hydroxyl groups is 2. The first-order valence-electron chi connectivity index (χ1n) is 11.8. The predicted octanol–water partition coefficient (Wildman–Crippen LogP) is -3.54. The van der Waals surface area contributed by atoms with E-state index in [0.29, 0.717) is 5.56 Å². The third kappa shape index (κ3) is 11.6. The summed E-state index contributed by atoms with van der Waals surface area (Å²) in [5.41, 5.74) is 5.82. The molecular formula is C22H34N5O12P. The molecular weight excluding hydrogens is 557 g/mol. The number of benzene rings is 1. The first-order chi connectivity index (χ1) is 18.4. The van der Waals surface area contributed by atoms with Gasteiger partial charge in [0, 0.05) is 6.42 Å². The third-order valence-electron chi connectivity index (χ3n) is 5.24. The molecule has 1 aromatic rings. The fourth-order valence-electron chi connectivity index (χ4n) is 3.06. The van der Waals surface area contributed by atoms with Gasteiger partial charge in [-0.05, 0) is 38.5 Å². The number of carboxylic acids is 1. The van der Waals surface area contributed by atoms with E-state index < -0.39 is 80.3 Å². The van der Waals surface area contributed by atoms with Crippen LogP contribution in [0.15, 0.2) is 24.3 Å². The molecule has 1 aromatic carbocycles. The summed E-state index contributed by atoms with van der Waals surface area (Å²) in [6, 6.07) is -2.00. The summed E-state index contributed by atoms with van der Waals surface area (Å²) >= 11 is 0. The van der Waals surface area contributed by atoms with Crippen LogP contribution in [0.25, 0.3) is 0 Å². The van der Waals surface area contributed by atoms with Crippen molar-refractivity contribution in [3.05, 3.63) is 29.8 Å². The number of nitrogens with two attached hydrogens (primary N) is 1. The minimum Gasteiger partial charge on any atom is -0.480 e. The van der Waals surface area contributed by atoms with E-state index in [1.165, 1.54) is 38.1 Å². The van der Waals surface area contributed by atoms with Gasteiger partial charge in [0.2, 0.25) is 23.6 Å². The molecule has 0 radical (unpaired) electrons. The first-order valence-corrected chi connectivity index (χ1v) is 13.3. The number of phosphoric ester groups is 1. The topological polar surface area (TPSA) is 287 Å². The van der Waals surface area contributed by atoms with Crippen LogP contribution in [0, 0.1) is 0 Å². The lowest BCUT2D eigenvalue weighted by molar-refractivity contribution is -0.142. The molecule has 0 bridgehead atoms. The second kappa shape index (κ2) is 15.3. The Hall–Kier alpha value is -3.60. The number of carbonyl (C=O) groups excluding carboxylic acids is 4. The summed E-state index contributed by atoms with van der Waals surface area (Å²) in [6.45, 7) is 2.77. The van der Waals surface area contributed by atoms with Crippen molar-refractivity contribution in [1.29, 1.82) is 0 Å². The molecule has 0 aliphatic rings. The summed E-state index contributed by atoms with van der Waals surface area (Å²) in [7, 11) is -4.84. The van der Waals surface area contributed by atoms with Crippen LogP contribution in [0.2, 0.25) is 0 Å². The fourth-order valence-corrected chi connectivity index (χ4v) is 3.46. The third-order valence-corrected chi connectivity index (χ3v) is 5.69. The van der Waals surface area contributed by atoms with Gasteiger partial charge in [-0.1, -0.05) is 12.1 Å². The van der Waals surface area contributed by atoms with Crippen molar-refractivity contribution < 1.29 is 58.2 Å². The van der Waals surface area contributed by atoms with E-state index in [4.69, 9.17) is 20.6 Å². The van der Waals surface area contributed by atoms with Crippen LogP contribution < -0.4 is 31.5 Å². The highest BCUT2D eigenvalue weighted by Crippen LogP contribution is 2.37. The molecule has 1 unspecified atom stereocenters. The molecule has 11 N–H and O–H groups in total. The zero-order valence-electron chi connectivity index (χ0n) is 21.8. The number of phosphoric acid groups is 1. The lowest BCUT2D eigenvalue weighted by atomic mass is 10.0. The van der Waals surface area contributed by atoms with Crippen LogP contribution in [0.5, 0.6) is 5.75 Å². The van der Waals surface area contributed by atoms with Crippen LogP contribution >= 0.6 is 7.82 Å². The largest absolute Gasteiger partial charge is 0.524 e. The number of rotatable bonds is 15. The average molecular weight is 592 g/mol. The molecule has 0 spiro atoms. The van der Waals surface area contributed by atoms with Crippen molar-refractivity contribution >= 4 is 37.4 Å². The highest BCUT2D eigenvalue weighted by atomic mass is 31.2. The minimum absolute atomic E-state index is 0.195. The molecule has 6 atom stereocenters. The number of carbonyl (C=O) groups is 5. The molecule has 4 amide bonds. The summed E-state index contributed by atoms with van der Waals surface area (Å²) in [5, 5.41) is 37.5. The molecule has 0 heterocycles. The van der Waals surface area contributed by atoms with Gasteiger partial charge >= 0.3 is 13.8 Å². The van der Waals surface area contributed by atoms with Crippen LogP contribution in [-0.4, -0.2) is 97.6 Å². The zero-order valence-corrected chi connectivity index (χ0v) is 22.7. The zero-order chi connectivity index (χ0) is 30.8. The van der Waals surface area contributed by atoms with Crippen molar-refractivity contribution in [3.63, 3.8) is 0 Å². The highest BCUT2D eigenvalue weighted by molar-refractivity contribution is 7.46. The van der Waals surface area contributed by atoms with Crippen molar-refractivity contribution in [1.82, 2.24) is 21.3 Å². The van der Waals surface area contributed by atoms with Gasteiger partial charge in [-0.3, -0.25) is 33.8 Å². The van der Waals surface area contributed by atoms with Gasteiger partial charge in [0.15, 0.2) is 0 Å². The van der Waals surface area contributed by atoms with E-state index in [-0.39, 0.29) is 12.2 Å². The summed E-state index contributed by atoms with van der Waals surface area (Å²) < 4.78 is 15.5. The van der Waals surface area contributed by atoms with Crippen molar-refractivity contribution in [2.75, 3.05) is 6.61 Å². The molecule has 1 rings (SSSR count). The fraction of sp³-hybridized carbons (Fsp3) is 0.500. The second-order valence-corrected chi connectivity index (χ2v) is 9.98. The Kier molecular flexibility index (Phi) is 13.1. The molecule has 17 nitrogen and oxygen atoms in total. The van der Waals surface area contributed by atoms with Gasteiger partial charge in [-0.25, -0.2) is 4.57 Å². The van der Waals surface area contributed by atoms with E-state index in [2.05, 4.69) is 25.8 Å². The molecule has 224 valence electrons. The summed E-state index contributed by atoms with van der Waals surface area (Å²) in [4.78, 5) is 79.3. The van der Waals surface area contributed by atoms with Gasteiger partial charge < -0.3 is 46.8 Å². The summed E-state index contributed by atoms with van der Waals surface area (Å²) in [6.07, 6.45) is -1.71. The van der Waals surface area contributed by atoms with Gasteiger partial charge in [0.25, 0.3) is 0 Å². The molecule has 0 aliphatic carbocycles. The Labute approximate surface area is 228 Å². The maximum absolute atomic E-state index is 13.1. The monoisotopic (exact) mass is 591 g/mol. The Morgan fingerprint density at radius 3 is 1.85 bits per heavy atom. The highest BCUT2D eigenvalue weighted by Gasteiger charge is 2.32. The quantitative estimate of drug-likeness (QED) is 0.0886. The predicted molar refractivity (Wildman–Crippen MR) is 136 cm³/mol. The Morgan fingerprint density at radius 2 is 1.40 bits per heavy atom. The Morgan fingerprint density at radius 1 is 0.875 bits per heavy atom. The van der Waals surface area contributed by atoms with Crippen molar-refractivity contribution in [3.8, 4) is 5.75 Å². The van der Waals surface area contributed by atoms with E-state index in [9.17, 15) is 38.8 Å². The number of amides is 4. The lowest BCUT2D eigenvalue weighted by Crippen LogP contribution is -2.61. The van der Waals surface area contributed by atoms with Gasteiger partial charge in [-0.2, -0.15) is 0 Å². The van der Waals surface area contributed by atoms with Gasteiger partial charge in [0.05, 0.1) is 18.8 Å². The van der Waals surface area contributed by atoms with Gasteiger partial charge in [0.1, 0.15) is 29.9 Å². The molecule has 0 fully saturated rings. The molecule has 40 heavy (non-hydrogen) atoms. The van der Waals surface area contributed by atoms with Crippen molar-refractivity contribution in [2.24, 2.45) is 5.73 Å². The van der Waals surface area contributed by atoms with E-state index in [0.717, 1.165) is 6.92 Å². The van der Waals surface area contributed by atoms with E-state index in [1.807, 2.05) is 0 Å². The molecule has 0 aliphatic heterocycles. The number of aliphatic carboxylic acids is 1. The molecule has 0 aromatic heterocycles. The van der Waals surface area contributed by atoms with Crippen LogP contribution in [0.4, 0.5) is 0 Å². The number of hydrogen-bond acceptors (Lipinski definition) is 10. The van der Waals surface area contributed by atoms with E-state index in [1.54, 1.807) is 0 Å². The van der Waals surface area contributed by atoms with Crippen molar-refractivity contribution in [2.45, 2.75) is 63.5 Å². The maximum atomic E-state index is 13.1. The standard InChI is InChI=1S/C22H34N5O12P/c1-10(23)18(30)27-17(12(3)29)21(33)25-15(8-13-4-6-14(7-5-13)39-40(36,37)38)19(31)26-16(9-28)20(32)24-11(2)22(34)35/h4-7,10-12,15-17,28-29H,8-9,23H2,1-3H3,(H,24,32)(H,25,33)(H,26,31)(H,27,30)(H,34,35)(H2,36,37,38)/t10-,11-,12?,15-,16-,17-/m0/s1. The first kappa shape index (κ1) is 34.4. The Bertz CT molecular complexity index is 1110. The van der Waals surface area contributed by atoms with Crippen LogP contribution in [0.1, 0.15) is 26.3 Å². The number of carboxylic acid groups (broad SMARTS) is 1.